The van der Waals surface area contributed by atoms with Gasteiger partial charge in [-0.2, -0.15) is 0 Å². The summed E-state index contributed by atoms with van der Waals surface area (Å²) in [6.45, 7) is 6.11. The molecule has 33 heavy (non-hydrogen) atoms. The summed E-state index contributed by atoms with van der Waals surface area (Å²) in [5.74, 6) is -0.443. The number of aromatic nitrogens is 2. The Morgan fingerprint density at radius 2 is 1.97 bits per heavy atom. The number of nitro benzene ring substituents is 1. The Hall–Kier alpha value is -3.85. The normalized spacial score (nSPS) is 12.0. The van der Waals surface area contributed by atoms with Crippen molar-refractivity contribution >= 4 is 39.3 Å². The van der Waals surface area contributed by atoms with Crippen LogP contribution in [0.1, 0.15) is 42.5 Å². The number of phenols is 1. The van der Waals surface area contributed by atoms with Crippen molar-refractivity contribution in [3.05, 3.63) is 90.7 Å². The van der Waals surface area contributed by atoms with Gasteiger partial charge in [-0.15, -0.1) is 0 Å². The number of H-pyrrole nitrogens is 1. The number of fused-ring (bicyclic) bond motifs is 1. The Labute approximate surface area is 193 Å². The average Bonchev–Trinajstić information content (AvgIpc) is 3.16. The van der Waals surface area contributed by atoms with Crippen molar-refractivity contribution in [3.8, 4) is 5.75 Å². The zero-order chi connectivity index (χ0) is 23.8. The second kappa shape index (κ2) is 8.59. The molecule has 0 amide bonds. The molecule has 2 heterocycles. The summed E-state index contributed by atoms with van der Waals surface area (Å²) in [6.07, 6.45) is 1.77. The van der Waals surface area contributed by atoms with Crippen LogP contribution in [0.2, 0.25) is 0 Å². The van der Waals surface area contributed by atoms with Crippen molar-refractivity contribution in [2.75, 3.05) is 0 Å². The standard InChI is InChI=1S/C24H22N4O4S/c1-24(2,3)21-19(12-16-11-14-7-4-5-9-17(14)26-22(16)30)33-23(27-21)25-13-15-8-6-10-18(20(15)29)28(31)32/h4-11,13,29H,12H2,1-3H3,(H,26,30)/b25-13+. The number of aromatic amines is 1. The van der Waals surface area contributed by atoms with Gasteiger partial charge in [0.05, 0.1) is 10.6 Å². The highest BCUT2D eigenvalue weighted by Crippen LogP contribution is 2.35. The van der Waals surface area contributed by atoms with Gasteiger partial charge >= 0.3 is 5.69 Å². The Balaban J connectivity index is 1.71. The maximum absolute atomic E-state index is 12.7. The number of thiazole rings is 1. The van der Waals surface area contributed by atoms with Crippen molar-refractivity contribution in [2.45, 2.75) is 32.6 Å². The molecule has 0 radical (unpaired) electrons. The lowest BCUT2D eigenvalue weighted by atomic mass is 9.90. The number of hydrogen-bond donors (Lipinski definition) is 2. The molecule has 0 spiro atoms. The fourth-order valence-corrected chi connectivity index (χ4v) is 4.66. The summed E-state index contributed by atoms with van der Waals surface area (Å²) in [7, 11) is 0. The fraction of sp³-hybridized carbons (Fsp3) is 0.208. The molecule has 8 nitrogen and oxygen atoms in total. The molecule has 2 aromatic heterocycles. The first-order valence-electron chi connectivity index (χ1n) is 10.2. The van der Waals surface area contributed by atoms with E-state index in [2.05, 4.69) is 15.0 Å². The lowest BCUT2D eigenvalue weighted by molar-refractivity contribution is -0.385. The van der Waals surface area contributed by atoms with Gasteiger partial charge in [-0.3, -0.25) is 14.9 Å². The number of aliphatic imine (C=N–C) groups is 1. The number of nitrogens with one attached hydrogen (secondary N) is 1. The molecule has 0 fully saturated rings. The molecule has 0 aliphatic carbocycles. The summed E-state index contributed by atoms with van der Waals surface area (Å²) in [6, 6.07) is 13.8. The maximum Gasteiger partial charge on any atom is 0.311 e. The Morgan fingerprint density at radius 3 is 2.70 bits per heavy atom. The van der Waals surface area contributed by atoms with E-state index in [9.17, 15) is 20.0 Å². The van der Waals surface area contributed by atoms with E-state index in [0.717, 1.165) is 21.5 Å². The lowest BCUT2D eigenvalue weighted by Crippen LogP contribution is -2.17. The monoisotopic (exact) mass is 462 g/mol. The third-order valence-electron chi connectivity index (χ3n) is 5.13. The van der Waals surface area contributed by atoms with Gasteiger partial charge < -0.3 is 10.1 Å². The van der Waals surface area contributed by atoms with Gasteiger partial charge in [-0.1, -0.05) is 56.4 Å². The molecule has 2 aromatic carbocycles. The molecule has 0 aliphatic heterocycles. The third-order valence-corrected chi connectivity index (χ3v) is 6.10. The van der Waals surface area contributed by atoms with Crippen molar-refractivity contribution < 1.29 is 10.0 Å². The topological polar surface area (TPSA) is 121 Å². The predicted molar refractivity (Wildman–Crippen MR) is 130 cm³/mol. The number of rotatable bonds is 5. The van der Waals surface area contributed by atoms with E-state index in [-0.39, 0.29) is 22.2 Å². The largest absolute Gasteiger partial charge is 0.502 e. The summed E-state index contributed by atoms with van der Waals surface area (Å²) >= 11 is 1.35. The first-order chi connectivity index (χ1) is 15.6. The van der Waals surface area contributed by atoms with Crippen LogP contribution in [0, 0.1) is 10.1 Å². The van der Waals surface area contributed by atoms with E-state index < -0.39 is 10.7 Å². The summed E-state index contributed by atoms with van der Waals surface area (Å²) in [5.41, 5.74) is 1.66. The summed E-state index contributed by atoms with van der Waals surface area (Å²) in [4.78, 5) is 35.9. The number of nitro groups is 1. The van der Waals surface area contributed by atoms with Gasteiger partial charge in [0.25, 0.3) is 5.56 Å². The van der Waals surface area contributed by atoms with Crippen LogP contribution in [-0.2, 0) is 11.8 Å². The highest BCUT2D eigenvalue weighted by atomic mass is 32.1. The minimum absolute atomic E-state index is 0.145. The lowest BCUT2D eigenvalue weighted by Gasteiger charge is -2.17. The van der Waals surface area contributed by atoms with Crippen LogP contribution >= 0.6 is 11.3 Å². The molecule has 0 unspecified atom stereocenters. The maximum atomic E-state index is 12.7. The van der Waals surface area contributed by atoms with Crippen LogP contribution in [0.3, 0.4) is 0 Å². The first kappa shape index (κ1) is 22.3. The third kappa shape index (κ3) is 4.68. The van der Waals surface area contributed by atoms with Gasteiger partial charge in [0.15, 0.2) is 0 Å². The molecule has 0 atom stereocenters. The number of para-hydroxylation sites is 2. The molecule has 0 bridgehead atoms. The Kier molecular flexibility index (Phi) is 5.82. The molecule has 2 N–H and O–H groups in total. The summed E-state index contributed by atoms with van der Waals surface area (Å²) in [5, 5.41) is 22.6. The molecule has 0 saturated carbocycles. The Bertz CT molecular complexity index is 1450. The van der Waals surface area contributed by atoms with Crippen molar-refractivity contribution in [1.29, 1.82) is 0 Å². The molecular weight excluding hydrogens is 440 g/mol. The quantitative estimate of drug-likeness (QED) is 0.239. The number of benzene rings is 2. The van der Waals surface area contributed by atoms with Crippen LogP contribution in [-0.4, -0.2) is 26.2 Å². The molecule has 4 rings (SSSR count). The molecular formula is C24H22N4O4S. The van der Waals surface area contributed by atoms with Gasteiger partial charge in [0.1, 0.15) is 0 Å². The van der Waals surface area contributed by atoms with E-state index >= 15 is 0 Å². The second-order valence-electron chi connectivity index (χ2n) is 8.64. The van der Waals surface area contributed by atoms with Crippen LogP contribution < -0.4 is 5.56 Å². The van der Waals surface area contributed by atoms with Crippen LogP contribution in [0.5, 0.6) is 5.75 Å². The molecule has 9 heteroatoms. The van der Waals surface area contributed by atoms with Crippen LogP contribution in [0.4, 0.5) is 10.8 Å². The van der Waals surface area contributed by atoms with E-state index in [4.69, 9.17) is 0 Å². The van der Waals surface area contributed by atoms with E-state index in [1.54, 1.807) is 6.07 Å². The van der Waals surface area contributed by atoms with Gasteiger partial charge in [-0.25, -0.2) is 9.98 Å². The molecule has 168 valence electrons. The minimum atomic E-state index is -0.646. The van der Waals surface area contributed by atoms with E-state index in [1.807, 2.05) is 51.1 Å². The van der Waals surface area contributed by atoms with Gasteiger partial charge in [0.2, 0.25) is 10.9 Å². The number of hydrogen-bond acceptors (Lipinski definition) is 7. The highest BCUT2D eigenvalue weighted by Gasteiger charge is 2.24. The molecule has 0 saturated heterocycles. The first-order valence-corrected chi connectivity index (χ1v) is 11.1. The number of pyridine rings is 1. The Morgan fingerprint density at radius 1 is 1.21 bits per heavy atom. The average molecular weight is 463 g/mol. The summed E-state index contributed by atoms with van der Waals surface area (Å²) < 4.78 is 0. The molecule has 0 aliphatic rings. The van der Waals surface area contributed by atoms with Crippen molar-refractivity contribution in [2.24, 2.45) is 4.99 Å². The van der Waals surface area contributed by atoms with Crippen LogP contribution in [0.25, 0.3) is 10.9 Å². The number of phenolic OH excluding ortho intramolecular Hbond substituents is 1. The zero-order valence-electron chi connectivity index (χ0n) is 18.3. The smallest absolute Gasteiger partial charge is 0.311 e. The van der Waals surface area contributed by atoms with Gasteiger partial charge in [-0.05, 0) is 23.6 Å². The predicted octanol–water partition coefficient (Wildman–Crippen LogP) is 5.24. The highest BCUT2D eigenvalue weighted by molar-refractivity contribution is 7.15. The van der Waals surface area contributed by atoms with E-state index in [0.29, 0.717) is 17.1 Å². The van der Waals surface area contributed by atoms with Gasteiger partial charge in [0, 0.05) is 45.6 Å². The number of aromatic hydroxyl groups is 1. The number of nitrogens with zero attached hydrogens (tertiary/aromatic N) is 3. The SMILES string of the molecule is CC(C)(C)c1nc(/N=C/c2cccc([N+](=O)[O-])c2O)sc1Cc1cc2ccccc2[nH]c1=O. The van der Waals surface area contributed by atoms with Crippen molar-refractivity contribution in [3.63, 3.8) is 0 Å². The minimum Gasteiger partial charge on any atom is -0.502 e. The second-order valence-corrected chi connectivity index (χ2v) is 9.70. The zero-order valence-corrected chi connectivity index (χ0v) is 19.1. The fourth-order valence-electron chi connectivity index (χ4n) is 3.52. The van der Waals surface area contributed by atoms with E-state index in [1.165, 1.54) is 29.7 Å². The molecule has 4 aromatic rings. The van der Waals surface area contributed by atoms with Crippen molar-refractivity contribution in [1.82, 2.24) is 9.97 Å². The van der Waals surface area contributed by atoms with Crippen LogP contribution in [0.15, 0.2) is 58.3 Å².